The lowest BCUT2D eigenvalue weighted by atomic mass is 9.50. The van der Waals surface area contributed by atoms with Crippen molar-refractivity contribution in [3.63, 3.8) is 0 Å². The van der Waals surface area contributed by atoms with Crippen LogP contribution in [0.1, 0.15) is 12.8 Å². The molecule has 0 aromatic rings. The van der Waals surface area contributed by atoms with Crippen molar-refractivity contribution in [1.29, 1.82) is 0 Å². The van der Waals surface area contributed by atoms with Gasteiger partial charge in [-0.2, -0.15) is 0 Å². The minimum absolute atomic E-state index is 0.0371. The third kappa shape index (κ3) is 0.439. The molecule has 10 atom stereocenters. The van der Waals surface area contributed by atoms with Gasteiger partial charge < -0.3 is 10.2 Å². The summed E-state index contributed by atoms with van der Waals surface area (Å²) in [6.07, 6.45) is 2.62. The van der Waals surface area contributed by atoms with Crippen molar-refractivity contribution in [2.75, 3.05) is 0 Å². The van der Waals surface area contributed by atoms with Gasteiger partial charge >= 0.3 is 0 Å². The molecule has 10 unspecified atom stereocenters. The molecule has 2 N–H and O–H groups in total. The molecule has 2 heteroatoms. The van der Waals surface area contributed by atoms with Gasteiger partial charge in [-0.15, -0.1) is 0 Å². The Balaban J connectivity index is 1.78. The van der Waals surface area contributed by atoms with Crippen molar-refractivity contribution in [1.82, 2.24) is 0 Å². The highest BCUT2D eigenvalue weighted by Gasteiger charge is 2.80. The lowest BCUT2D eigenvalue weighted by Crippen LogP contribution is -2.53. The first-order valence-corrected chi connectivity index (χ1v) is 6.17. The van der Waals surface area contributed by atoms with Crippen molar-refractivity contribution in [2.24, 2.45) is 47.3 Å². The molecular formula is C12H16O2. The number of fused-ring (bicyclic) bond motifs is 9. The van der Waals surface area contributed by atoms with E-state index in [0.29, 0.717) is 23.7 Å². The Kier molecular flexibility index (Phi) is 0.931. The largest absolute Gasteiger partial charge is 0.393 e. The number of aliphatic hydroxyl groups excluding tert-OH is 2. The normalized spacial score (nSPS) is 81.0. The molecule has 4 fully saturated rings. The van der Waals surface area contributed by atoms with Gasteiger partial charge in [-0.1, -0.05) is 0 Å². The van der Waals surface area contributed by atoms with E-state index >= 15 is 0 Å². The minimum Gasteiger partial charge on any atom is -0.393 e. The van der Waals surface area contributed by atoms with E-state index in [1.165, 1.54) is 12.8 Å². The van der Waals surface area contributed by atoms with Gasteiger partial charge in [0.25, 0.3) is 0 Å². The summed E-state index contributed by atoms with van der Waals surface area (Å²) >= 11 is 0. The topological polar surface area (TPSA) is 40.5 Å². The minimum atomic E-state index is -0.0371. The molecule has 0 bridgehead atoms. The number of rotatable bonds is 0. The molecule has 76 valence electrons. The van der Waals surface area contributed by atoms with Crippen molar-refractivity contribution in [3.8, 4) is 0 Å². The summed E-state index contributed by atoms with van der Waals surface area (Å²) in [5.74, 6) is 5.24. The van der Waals surface area contributed by atoms with Crippen LogP contribution in [0.15, 0.2) is 0 Å². The first-order chi connectivity index (χ1) is 6.80. The maximum Gasteiger partial charge on any atom is 0.0609 e. The third-order valence-electron chi connectivity index (χ3n) is 6.61. The SMILES string of the molecule is OC1C2C3CCC4C2C(O)C2C1C3C42. The van der Waals surface area contributed by atoms with Gasteiger partial charge in [0.1, 0.15) is 0 Å². The lowest BCUT2D eigenvalue weighted by Gasteiger charge is -2.54. The van der Waals surface area contributed by atoms with Gasteiger partial charge in [0.2, 0.25) is 0 Å². The quantitative estimate of drug-likeness (QED) is 0.548. The van der Waals surface area contributed by atoms with Gasteiger partial charge in [-0.25, -0.2) is 0 Å². The van der Waals surface area contributed by atoms with Gasteiger partial charge in [0.05, 0.1) is 12.2 Å². The van der Waals surface area contributed by atoms with Gasteiger partial charge in [-0.3, -0.25) is 0 Å². The first-order valence-electron chi connectivity index (χ1n) is 6.17. The van der Waals surface area contributed by atoms with Crippen molar-refractivity contribution >= 4 is 0 Å². The van der Waals surface area contributed by atoms with Crippen LogP contribution in [0.5, 0.6) is 0 Å². The van der Waals surface area contributed by atoms with E-state index in [-0.39, 0.29) is 12.2 Å². The zero-order valence-electron chi connectivity index (χ0n) is 8.08. The van der Waals surface area contributed by atoms with Crippen LogP contribution in [0.25, 0.3) is 0 Å². The Morgan fingerprint density at radius 2 is 1.00 bits per heavy atom. The molecule has 0 saturated heterocycles. The summed E-state index contributed by atoms with van der Waals surface area (Å²) in [6, 6.07) is 0. The zero-order valence-corrected chi connectivity index (χ0v) is 8.08. The summed E-state index contributed by atoms with van der Waals surface area (Å²) < 4.78 is 0. The second kappa shape index (κ2) is 1.80. The summed E-state index contributed by atoms with van der Waals surface area (Å²) in [6.45, 7) is 0. The highest BCUT2D eigenvalue weighted by atomic mass is 16.3. The monoisotopic (exact) mass is 192 g/mol. The van der Waals surface area contributed by atoms with Crippen LogP contribution in [0, 0.1) is 47.3 Å². The molecule has 0 aliphatic heterocycles. The highest BCUT2D eigenvalue weighted by molar-refractivity contribution is 5.28. The fourth-order valence-electron chi connectivity index (χ4n) is 6.65. The maximum atomic E-state index is 10.2. The fourth-order valence-corrected chi connectivity index (χ4v) is 6.65. The number of hydrogen-bond acceptors (Lipinski definition) is 2. The second-order valence-corrected chi connectivity index (χ2v) is 6.35. The average molecular weight is 192 g/mol. The summed E-state index contributed by atoms with van der Waals surface area (Å²) in [5, 5.41) is 20.5. The van der Waals surface area contributed by atoms with E-state index in [1.54, 1.807) is 0 Å². The van der Waals surface area contributed by atoms with Crippen LogP contribution >= 0.6 is 0 Å². The van der Waals surface area contributed by atoms with Crippen LogP contribution in [0.2, 0.25) is 0 Å². The summed E-state index contributed by atoms with van der Waals surface area (Å²) in [7, 11) is 0. The van der Waals surface area contributed by atoms with Crippen LogP contribution in [0.3, 0.4) is 0 Å². The van der Waals surface area contributed by atoms with E-state index in [4.69, 9.17) is 0 Å². The molecule has 0 radical (unpaired) electrons. The third-order valence-corrected chi connectivity index (χ3v) is 6.61. The van der Waals surface area contributed by atoms with E-state index in [1.807, 2.05) is 0 Å². The maximum absolute atomic E-state index is 10.2. The Hall–Kier alpha value is -0.0800. The standard InChI is InChI=1S/C12H16O2/c13-11-7-3-1-2-4-6-5(3)9(11)10(6)12(14)8(4)7/h3-14H,1-2H2. The van der Waals surface area contributed by atoms with E-state index in [2.05, 4.69) is 0 Å². The molecule has 2 nitrogen and oxygen atoms in total. The molecule has 0 heterocycles. The fraction of sp³-hybridized carbons (Fsp3) is 1.00. The van der Waals surface area contributed by atoms with E-state index < -0.39 is 0 Å². The highest BCUT2D eigenvalue weighted by Crippen LogP contribution is 2.79. The predicted molar refractivity (Wildman–Crippen MR) is 49.2 cm³/mol. The Morgan fingerprint density at radius 1 is 0.571 bits per heavy atom. The molecule has 0 aromatic heterocycles. The Morgan fingerprint density at radius 3 is 1.43 bits per heavy atom. The second-order valence-electron chi connectivity index (χ2n) is 6.35. The Labute approximate surface area is 83.3 Å². The van der Waals surface area contributed by atoms with Gasteiger partial charge in [0, 0.05) is 0 Å². The van der Waals surface area contributed by atoms with Gasteiger partial charge in [0.15, 0.2) is 0 Å². The summed E-state index contributed by atoms with van der Waals surface area (Å²) in [4.78, 5) is 0. The predicted octanol–water partition coefficient (Wildman–Crippen LogP) is 0.486. The van der Waals surface area contributed by atoms with Crippen molar-refractivity contribution in [2.45, 2.75) is 25.0 Å². The number of hydrogen-bond donors (Lipinski definition) is 2. The van der Waals surface area contributed by atoms with E-state index in [9.17, 15) is 10.2 Å². The zero-order chi connectivity index (χ0) is 9.19. The van der Waals surface area contributed by atoms with Crippen molar-refractivity contribution < 1.29 is 10.2 Å². The average Bonchev–Trinajstić information content (AvgIpc) is 2.40. The van der Waals surface area contributed by atoms with Crippen LogP contribution in [-0.4, -0.2) is 22.4 Å². The molecule has 14 heavy (non-hydrogen) atoms. The Bertz CT molecular complexity index is 276. The lowest BCUT2D eigenvalue weighted by molar-refractivity contribution is -0.114. The van der Waals surface area contributed by atoms with Gasteiger partial charge in [-0.05, 0) is 60.2 Å². The van der Waals surface area contributed by atoms with Crippen molar-refractivity contribution in [3.05, 3.63) is 0 Å². The molecule has 0 spiro atoms. The first kappa shape index (κ1) is 7.24. The molecular weight excluding hydrogens is 176 g/mol. The van der Waals surface area contributed by atoms with Crippen LogP contribution in [-0.2, 0) is 0 Å². The van der Waals surface area contributed by atoms with E-state index in [0.717, 1.165) is 23.7 Å². The smallest absolute Gasteiger partial charge is 0.0609 e. The molecule has 0 amide bonds. The molecule has 4 aliphatic carbocycles. The van der Waals surface area contributed by atoms with Crippen LogP contribution in [0.4, 0.5) is 0 Å². The molecule has 4 saturated carbocycles. The number of aliphatic hydroxyl groups is 2. The molecule has 0 aromatic carbocycles. The summed E-state index contributed by atoms with van der Waals surface area (Å²) in [5.41, 5.74) is 0. The molecule has 4 aliphatic rings. The van der Waals surface area contributed by atoms with Crippen LogP contribution < -0.4 is 0 Å². The molecule has 4 rings (SSSR count).